The number of aliphatic hydroxyl groups excluding tert-OH is 28. The van der Waals surface area contributed by atoms with Crippen molar-refractivity contribution < 1.29 is 262 Å². The Hall–Kier alpha value is -5.02. The van der Waals surface area contributed by atoms with Crippen LogP contribution in [0.5, 0.6) is 0 Å². The van der Waals surface area contributed by atoms with Crippen molar-refractivity contribution >= 4 is 35.5 Å². The van der Waals surface area contributed by atoms with Gasteiger partial charge in [0.25, 0.3) is 5.79 Å². The molecule has 0 unspecified atom stereocenters. The topological polar surface area (TPSA) is 915 Å². The molecule has 9 heterocycles. The van der Waals surface area contributed by atoms with Crippen molar-refractivity contribution in [1.29, 1.82) is 0 Å². The number of carboxylic acids is 1. The number of hydrogen-bond acceptors (Lipinski definition) is 52. The largest absolute Gasteiger partial charge is 0.477 e. The predicted octanol–water partition coefficient (Wildman–Crippen LogP) is -22.2. The third-order valence-electron chi connectivity index (χ3n) is 23.4. The molecule has 50 atom stereocenters. The molecule has 58 heteroatoms. The fourth-order valence-electron chi connectivity index (χ4n) is 16.4. The van der Waals surface area contributed by atoms with E-state index in [-0.39, 0.29) is 0 Å². The number of nitrogens with one attached hydrogen (secondary N) is 5. The van der Waals surface area contributed by atoms with Crippen molar-refractivity contribution in [2.75, 3.05) is 66.1 Å². The van der Waals surface area contributed by atoms with Gasteiger partial charge in [-0.2, -0.15) is 0 Å². The lowest BCUT2D eigenvalue weighted by molar-refractivity contribution is -0.407. The van der Waals surface area contributed by atoms with Crippen LogP contribution in [-0.4, -0.2) is 556 Å². The van der Waals surface area contributed by atoms with E-state index in [4.69, 9.17) is 85.3 Å². The molecule has 131 heavy (non-hydrogen) atoms. The Morgan fingerprint density at radius 3 is 1.27 bits per heavy atom. The monoisotopic (exact) mass is 1920 g/mol. The first kappa shape index (κ1) is 110. The quantitative estimate of drug-likeness (QED) is 0.0272. The normalized spacial score (nSPS) is 45.0. The summed E-state index contributed by atoms with van der Waals surface area (Å²) in [6.07, 6.45) is -98.8. The van der Waals surface area contributed by atoms with E-state index in [1.165, 1.54) is 6.92 Å². The van der Waals surface area contributed by atoms with Gasteiger partial charge in [-0.25, -0.2) is 4.79 Å². The smallest absolute Gasteiger partial charge is 0.364 e. The summed E-state index contributed by atoms with van der Waals surface area (Å²) in [7, 11) is 0. The lowest BCUT2D eigenvalue weighted by Gasteiger charge is -2.52. The van der Waals surface area contributed by atoms with Gasteiger partial charge in [-0.15, -0.1) is 0 Å². The van der Waals surface area contributed by atoms with Crippen LogP contribution in [0.15, 0.2) is 0 Å². The van der Waals surface area contributed by atoms with E-state index in [0.29, 0.717) is 0 Å². The molecule has 5 amide bonds. The molecule has 0 spiro atoms. The molecular formula is C73H123N5O53. The Morgan fingerprint density at radius 1 is 0.366 bits per heavy atom. The summed E-state index contributed by atoms with van der Waals surface area (Å²) < 4.78 is 108. The van der Waals surface area contributed by atoms with E-state index >= 15 is 0 Å². The van der Waals surface area contributed by atoms with Gasteiger partial charge in [0.2, 0.25) is 29.5 Å². The van der Waals surface area contributed by atoms with Crippen molar-refractivity contribution in [1.82, 2.24) is 26.6 Å². The minimum atomic E-state index is -3.12. The zero-order valence-electron chi connectivity index (χ0n) is 70.8. The molecule has 0 aliphatic carbocycles. The van der Waals surface area contributed by atoms with Crippen molar-refractivity contribution in [3.63, 3.8) is 0 Å². The van der Waals surface area contributed by atoms with Crippen LogP contribution < -0.4 is 26.6 Å². The summed E-state index contributed by atoms with van der Waals surface area (Å²) >= 11 is 0. The molecule has 0 radical (unpaired) electrons. The van der Waals surface area contributed by atoms with Crippen molar-refractivity contribution in [3.8, 4) is 0 Å². The number of amides is 5. The number of carbonyl (C=O) groups is 6. The SMILES string of the molecule is CC(=O)N[C@H]1[C@H](O[C@@H]([C@H](O)[C@H](CO)NC(C)=O)[C@H](O)CO[C@@H]2O[C@@H](C)[C@@H](O)[C@@H](O)[C@@H]2O)O[C@H](CO)[C@@H](O[C@@H]2O[C@H](CO[C@H]3O[C@H](CO)[C@@H](O)[C@H](O)[C@@H]3O)[C@@H](O[C@@H]3O[C@H](CO)[C@@H](O)[C@H](O)[C@H]3NC(C)=O)[C@H](O[C@H]3O[C@H](CO)[C@@H](O)[C@H](O)[C@@H]3O[C@@H]3O[C@H](CO)[C@@H](O[C@@H]4O[C@H](CO[C@]5(C(=O)O)C[C@H](O)[C@@H](NC(C)=O)[C@H]([C@H](O)[C@H](O)CO)O5)[C@H](O)[C@H](O)[C@H]4O)[C@H](O)[C@H]3NC(C)=O)[C@@H]2O)[C@@H]1O. The second kappa shape index (κ2) is 48.0. The van der Waals surface area contributed by atoms with Gasteiger partial charge in [0.05, 0.1) is 90.4 Å². The van der Waals surface area contributed by atoms with Crippen LogP contribution in [0, 0.1) is 0 Å². The molecule has 9 fully saturated rings. The van der Waals surface area contributed by atoms with Crippen LogP contribution in [0.25, 0.3) is 0 Å². The summed E-state index contributed by atoms with van der Waals surface area (Å²) in [5.74, 6) is -10.1. The maximum absolute atomic E-state index is 13.4. The highest BCUT2D eigenvalue weighted by Gasteiger charge is 2.63. The third-order valence-corrected chi connectivity index (χ3v) is 23.4. The third kappa shape index (κ3) is 25.4. The van der Waals surface area contributed by atoms with Crippen LogP contribution in [0.3, 0.4) is 0 Å². The summed E-state index contributed by atoms with van der Waals surface area (Å²) in [6.45, 7) is -6.33. The van der Waals surface area contributed by atoms with E-state index in [2.05, 4.69) is 26.6 Å². The Balaban J connectivity index is 1.09. The van der Waals surface area contributed by atoms with Crippen LogP contribution in [0.1, 0.15) is 48.0 Å². The fraction of sp³-hybridized carbons (Fsp3) is 0.918. The second-order valence-electron chi connectivity index (χ2n) is 33.0. The molecule has 9 aliphatic heterocycles. The van der Waals surface area contributed by atoms with E-state index in [0.717, 1.165) is 34.6 Å². The molecule has 0 aromatic heterocycles. The minimum Gasteiger partial charge on any atom is -0.477 e. The Kier molecular flexibility index (Phi) is 40.2. The Morgan fingerprint density at radius 2 is 0.771 bits per heavy atom. The standard InChI is InChI=1S/C73H123N5O53/c1-18-39(94)49(104)53(108)67(117-18)114-15-27(93)57(40(95)24(8-79)74-19(2)86)125-65-37(77-22(5)89)47(102)59(32(14-85)121-65)127-70-56(111)62(60(128-64-36(76-21(4)88)46(101)42(97)28(10-81)118-64)34(124-70)16-115-68-54(109)50(105)43(98)29(11-82)119-68)129-71-63(52(107)44(99)30(12-83)120-71)130-66-38(78-23(6)90)48(103)58(31(13-84)122-66)126-69-55(110)51(106)45(100)33(123-69)17-116-73(72(112)113)7-25(91)35(75-20(3)87)61(131-73)41(96)26(92)9-80/h18,24-71,79-85,91-111H,7-17H2,1-6H3,(H,74,86)(H,75,87)(H,76,88)(H,77,89)(H,78,90)(H,112,113)/t18-,24-,25-,26+,27+,28+,29+,30+,31+,32+,33+,34+,35+,36+,37+,38+,39+,40+,41+,42+,43+,44+,45-,46+,47+,48+,49+,50-,51-,52-,53-,54-,55+,56-,57+,58+,59+,60+,61+,62+,63-,64-,65-,66-,67+,68-,69-,70-,71+,73+/m0/s1. The van der Waals surface area contributed by atoms with E-state index in [9.17, 15) is 177 Å². The van der Waals surface area contributed by atoms with Gasteiger partial charge in [0, 0.05) is 41.0 Å². The van der Waals surface area contributed by atoms with Crippen LogP contribution in [0.2, 0.25) is 0 Å². The van der Waals surface area contributed by atoms with Crippen molar-refractivity contribution in [2.45, 2.75) is 354 Å². The predicted molar refractivity (Wildman–Crippen MR) is 406 cm³/mol. The summed E-state index contributed by atoms with van der Waals surface area (Å²) in [4.78, 5) is 77.4. The maximum atomic E-state index is 13.4. The van der Waals surface area contributed by atoms with Crippen LogP contribution >= 0.6 is 0 Å². The average Bonchev–Trinajstić information content (AvgIpc) is 0.762. The zero-order valence-corrected chi connectivity index (χ0v) is 70.8. The molecule has 58 nitrogen and oxygen atoms in total. The van der Waals surface area contributed by atoms with Gasteiger partial charge in [-0.1, -0.05) is 0 Å². The number of aliphatic carboxylic acids is 1. The van der Waals surface area contributed by atoms with Gasteiger partial charge in [-0.05, 0) is 6.92 Å². The van der Waals surface area contributed by atoms with E-state index < -0.39 is 414 Å². The molecule has 9 aliphatic rings. The number of ether oxygens (including phenoxy) is 18. The maximum Gasteiger partial charge on any atom is 0.364 e. The highest BCUT2D eigenvalue weighted by molar-refractivity contribution is 5.77. The van der Waals surface area contributed by atoms with Crippen molar-refractivity contribution in [2.24, 2.45) is 0 Å². The summed E-state index contributed by atoms with van der Waals surface area (Å²) in [5.41, 5.74) is 0. The number of carboxylic acid groups (broad SMARTS) is 1. The molecule has 0 saturated carbocycles. The molecule has 9 saturated heterocycles. The number of rotatable bonds is 39. The van der Waals surface area contributed by atoms with E-state index in [1.54, 1.807) is 0 Å². The van der Waals surface area contributed by atoms with Gasteiger partial charge < -0.3 is 260 Å². The molecule has 0 aromatic carbocycles. The molecule has 0 bridgehead atoms. The second-order valence-corrected chi connectivity index (χ2v) is 33.0. The van der Waals surface area contributed by atoms with Gasteiger partial charge in [-0.3, -0.25) is 24.0 Å². The Labute approximate surface area is 742 Å². The summed E-state index contributed by atoms with van der Waals surface area (Å²) in [6, 6.07) is -9.80. The van der Waals surface area contributed by atoms with E-state index in [1.807, 2.05) is 0 Å². The first-order chi connectivity index (χ1) is 61.7. The average molecular weight is 1920 g/mol. The molecule has 0 aromatic rings. The minimum absolute atomic E-state index is 0.845. The molecular weight excluding hydrogens is 1790 g/mol. The van der Waals surface area contributed by atoms with Gasteiger partial charge in [0.15, 0.2) is 50.3 Å². The fourth-order valence-corrected chi connectivity index (χ4v) is 16.4. The highest BCUT2D eigenvalue weighted by atomic mass is 16.8. The number of aliphatic hydroxyl groups is 28. The molecule has 34 N–H and O–H groups in total. The zero-order chi connectivity index (χ0) is 97.3. The Bertz CT molecular complexity index is 3610. The van der Waals surface area contributed by atoms with Gasteiger partial charge >= 0.3 is 5.97 Å². The first-order valence-corrected chi connectivity index (χ1v) is 41.5. The molecule has 758 valence electrons. The molecule has 9 rings (SSSR count). The number of carbonyl (C=O) groups excluding carboxylic acids is 5. The number of hydrogen-bond donors (Lipinski definition) is 34. The van der Waals surface area contributed by atoms with Crippen LogP contribution in [0.4, 0.5) is 0 Å². The summed E-state index contributed by atoms with van der Waals surface area (Å²) in [5, 5.41) is 336. The lowest BCUT2D eigenvalue weighted by Crippen LogP contribution is -2.71. The van der Waals surface area contributed by atoms with Crippen molar-refractivity contribution in [3.05, 3.63) is 0 Å². The first-order valence-electron chi connectivity index (χ1n) is 41.5. The van der Waals surface area contributed by atoms with Gasteiger partial charge in [0.1, 0.15) is 226 Å². The van der Waals surface area contributed by atoms with Crippen LogP contribution in [-0.2, 0) is 114 Å². The lowest BCUT2D eigenvalue weighted by atomic mass is 9.88. The highest BCUT2D eigenvalue weighted by Crippen LogP contribution is 2.42.